The number of benzene rings is 1. The second-order valence-electron chi connectivity index (χ2n) is 5.86. The average Bonchev–Trinajstić information content (AvgIpc) is 2.53. The highest BCUT2D eigenvalue weighted by atomic mass is 32.2. The molecule has 2 rings (SSSR count). The van der Waals surface area contributed by atoms with Crippen molar-refractivity contribution in [2.75, 3.05) is 31.9 Å². The number of sulfonamides is 1. The van der Waals surface area contributed by atoms with Gasteiger partial charge >= 0.3 is 0 Å². The number of hydrogen-bond acceptors (Lipinski definition) is 4. The van der Waals surface area contributed by atoms with Gasteiger partial charge in [-0.05, 0) is 69.4 Å². The van der Waals surface area contributed by atoms with E-state index < -0.39 is 10.0 Å². The maximum Gasteiger partial charge on any atom is 0.211 e. The van der Waals surface area contributed by atoms with Gasteiger partial charge in [-0.15, -0.1) is 0 Å². The number of piperidine rings is 1. The molecule has 0 atom stereocenters. The lowest BCUT2D eigenvalue weighted by molar-refractivity contribution is 0.210. The summed E-state index contributed by atoms with van der Waals surface area (Å²) >= 11 is 0. The number of nitrogens with one attached hydrogen (secondary N) is 1. The fourth-order valence-corrected chi connectivity index (χ4v) is 3.53. The van der Waals surface area contributed by atoms with Crippen molar-refractivity contribution in [3.8, 4) is 5.75 Å². The van der Waals surface area contributed by atoms with Crippen LogP contribution in [0.2, 0.25) is 0 Å². The van der Waals surface area contributed by atoms with Crippen molar-refractivity contribution in [1.82, 2.24) is 9.62 Å². The Balaban J connectivity index is 1.68. The zero-order valence-electron chi connectivity index (χ0n) is 13.2. The monoisotopic (exact) mass is 326 g/mol. The number of phenolic OH excluding ortho intramolecular Hbond substituents is 1. The van der Waals surface area contributed by atoms with E-state index in [-0.39, 0.29) is 5.75 Å². The molecule has 0 bridgehead atoms. The fraction of sp³-hybridized carbons (Fsp3) is 0.625. The van der Waals surface area contributed by atoms with E-state index in [9.17, 15) is 13.5 Å². The van der Waals surface area contributed by atoms with Crippen molar-refractivity contribution in [3.05, 3.63) is 29.8 Å². The number of aromatic hydroxyl groups is 1. The SMILES string of the molecule is CCS(=O)(=O)NCCCN1CCC(c2ccc(O)cc2)CC1. The molecule has 1 aliphatic heterocycles. The molecule has 0 saturated carbocycles. The zero-order chi connectivity index (χ0) is 16.0. The van der Waals surface area contributed by atoms with Crippen LogP contribution in [-0.4, -0.2) is 50.4 Å². The predicted octanol–water partition coefficient (Wildman–Crippen LogP) is 1.90. The molecule has 1 aromatic rings. The lowest BCUT2D eigenvalue weighted by Gasteiger charge is -2.32. The maximum atomic E-state index is 11.3. The molecule has 0 aromatic heterocycles. The third-order valence-corrected chi connectivity index (χ3v) is 5.71. The van der Waals surface area contributed by atoms with Crippen molar-refractivity contribution < 1.29 is 13.5 Å². The number of likely N-dealkylation sites (tertiary alicyclic amines) is 1. The van der Waals surface area contributed by atoms with Gasteiger partial charge in [0.05, 0.1) is 5.75 Å². The molecule has 1 heterocycles. The van der Waals surface area contributed by atoms with Crippen LogP contribution in [0, 0.1) is 0 Å². The zero-order valence-corrected chi connectivity index (χ0v) is 14.0. The van der Waals surface area contributed by atoms with Crippen LogP contribution < -0.4 is 4.72 Å². The molecule has 5 nitrogen and oxygen atoms in total. The van der Waals surface area contributed by atoms with E-state index in [1.165, 1.54) is 5.56 Å². The molecule has 0 radical (unpaired) electrons. The Morgan fingerprint density at radius 1 is 1.23 bits per heavy atom. The Morgan fingerprint density at radius 3 is 2.45 bits per heavy atom. The second-order valence-corrected chi connectivity index (χ2v) is 7.95. The van der Waals surface area contributed by atoms with Gasteiger partial charge in [0.2, 0.25) is 10.0 Å². The lowest BCUT2D eigenvalue weighted by atomic mass is 9.89. The molecule has 1 saturated heterocycles. The molecule has 124 valence electrons. The molecule has 6 heteroatoms. The number of phenols is 1. The van der Waals surface area contributed by atoms with Crippen LogP contribution in [0.15, 0.2) is 24.3 Å². The molecule has 1 aliphatic rings. The van der Waals surface area contributed by atoms with Crippen LogP contribution in [-0.2, 0) is 10.0 Å². The highest BCUT2D eigenvalue weighted by molar-refractivity contribution is 7.89. The Hall–Kier alpha value is -1.11. The number of hydrogen-bond donors (Lipinski definition) is 2. The van der Waals surface area contributed by atoms with Gasteiger partial charge in [-0.1, -0.05) is 12.1 Å². The van der Waals surface area contributed by atoms with Gasteiger partial charge in [0.1, 0.15) is 5.75 Å². The van der Waals surface area contributed by atoms with Crippen LogP contribution in [0.25, 0.3) is 0 Å². The minimum absolute atomic E-state index is 0.144. The van der Waals surface area contributed by atoms with Gasteiger partial charge in [-0.2, -0.15) is 0 Å². The largest absolute Gasteiger partial charge is 0.508 e. The van der Waals surface area contributed by atoms with Crippen molar-refractivity contribution in [2.45, 2.75) is 32.1 Å². The molecule has 22 heavy (non-hydrogen) atoms. The molecule has 0 aliphatic carbocycles. The first kappa shape index (κ1) is 17.2. The Bertz CT molecular complexity index is 549. The first-order valence-corrected chi connectivity index (χ1v) is 9.64. The summed E-state index contributed by atoms with van der Waals surface area (Å²) in [6.45, 7) is 5.21. The standard InChI is InChI=1S/C16H26N2O3S/c1-2-22(20,21)17-10-3-11-18-12-8-15(9-13-18)14-4-6-16(19)7-5-14/h4-7,15,17,19H,2-3,8-13H2,1H3. The third-order valence-electron chi connectivity index (χ3n) is 4.31. The first-order valence-electron chi connectivity index (χ1n) is 7.99. The third kappa shape index (κ3) is 5.26. The molecular formula is C16H26N2O3S. The van der Waals surface area contributed by atoms with Gasteiger partial charge < -0.3 is 10.0 Å². The summed E-state index contributed by atoms with van der Waals surface area (Å²) in [6.07, 6.45) is 3.08. The van der Waals surface area contributed by atoms with Crippen LogP contribution in [0.3, 0.4) is 0 Å². The molecule has 1 aromatic carbocycles. The van der Waals surface area contributed by atoms with Crippen molar-refractivity contribution in [1.29, 1.82) is 0 Å². The molecule has 1 fully saturated rings. The minimum Gasteiger partial charge on any atom is -0.508 e. The van der Waals surface area contributed by atoms with E-state index in [1.807, 2.05) is 12.1 Å². The summed E-state index contributed by atoms with van der Waals surface area (Å²) in [4.78, 5) is 2.40. The van der Waals surface area contributed by atoms with Crippen molar-refractivity contribution in [2.24, 2.45) is 0 Å². The quantitative estimate of drug-likeness (QED) is 0.751. The summed E-state index contributed by atoms with van der Waals surface area (Å²) in [5.74, 6) is 1.02. The highest BCUT2D eigenvalue weighted by Gasteiger charge is 2.20. The van der Waals surface area contributed by atoms with Crippen molar-refractivity contribution in [3.63, 3.8) is 0 Å². The van der Waals surface area contributed by atoms with Gasteiger partial charge in [-0.25, -0.2) is 13.1 Å². The van der Waals surface area contributed by atoms with E-state index >= 15 is 0 Å². The molecule has 2 N–H and O–H groups in total. The fourth-order valence-electron chi connectivity index (χ4n) is 2.87. The van der Waals surface area contributed by atoms with Gasteiger partial charge in [-0.3, -0.25) is 0 Å². The number of rotatable bonds is 7. The number of nitrogens with zero attached hydrogens (tertiary/aromatic N) is 1. The molecule has 0 amide bonds. The smallest absolute Gasteiger partial charge is 0.211 e. The first-order chi connectivity index (χ1) is 10.5. The summed E-state index contributed by atoms with van der Waals surface area (Å²) in [6, 6.07) is 7.52. The average molecular weight is 326 g/mol. The van der Waals surface area contributed by atoms with E-state index in [2.05, 4.69) is 9.62 Å². The van der Waals surface area contributed by atoms with Crippen molar-refractivity contribution >= 4 is 10.0 Å². The normalized spacial score (nSPS) is 17.7. The van der Waals surface area contributed by atoms with Gasteiger partial charge in [0.15, 0.2) is 0 Å². The summed E-state index contributed by atoms with van der Waals surface area (Å²) in [5, 5.41) is 9.34. The maximum absolute atomic E-state index is 11.3. The van der Waals surface area contributed by atoms with E-state index in [0.717, 1.165) is 38.9 Å². The molecular weight excluding hydrogens is 300 g/mol. The summed E-state index contributed by atoms with van der Waals surface area (Å²) in [7, 11) is -3.06. The lowest BCUT2D eigenvalue weighted by Crippen LogP contribution is -2.35. The van der Waals surface area contributed by atoms with Crippen LogP contribution in [0.5, 0.6) is 5.75 Å². The summed E-state index contributed by atoms with van der Waals surface area (Å²) < 4.78 is 25.3. The van der Waals surface area contributed by atoms with Gasteiger partial charge in [0.25, 0.3) is 0 Å². The Kier molecular flexibility index (Phi) is 6.23. The minimum atomic E-state index is -3.06. The van der Waals surface area contributed by atoms with E-state index in [0.29, 0.717) is 18.2 Å². The molecule has 0 unspecified atom stereocenters. The molecule has 0 spiro atoms. The highest BCUT2D eigenvalue weighted by Crippen LogP contribution is 2.28. The Labute approximate surface area is 133 Å². The van der Waals surface area contributed by atoms with E-state index in [4.69, 9.17) is 0 Å². The topological polar surface area (TPSA) is 69.6 Å². The summed E-state index contributed by atoms with van der Waals surface area (Å²) in [5.41, 5.74) is 1.30. The second kappa shape index (κ2) is 7.94. The van der Waals surface area contributed by atoms with Gasteiger partial charge in [0, 0.05) is 6.54 Å². The van der Waals surface area contributed by atoms with Crippen LogP contribution >= 0.6 is 0 Å². The Morgan fingerprint density at radius 2 is 1.86 bits per heavy atom. The van der Waals surface area contributed by atoms with E-state index in [1.54, 1.807) is 19.1 Å². The van der Waals surface area contributed by atoms with Crippen LogP contribution in [0.1, 0.15) is 37.7 Å². The van der Waals surface area contributed by atoms with Crippen LogP contribution in [0.4, 0.5) is 0 Å². The predicted molar refractivity (Wildman–Crippen MR) is 88.6 cm³/mol.